The highest BCUT2D eigenvalue weighted by molar-refractivity contribution is 5.02. The van der Waals surface area contributed by atoms with Gasteiger partial charge in [0.2, 0.25) is 0 Å². The number of nitrogens with two attached hydrogens (primary N) is 1. The summed E-state index contributed by atoms with van der Waals surface area (Å²) < 4.78 is 0. The van der Waals surface area contributed by atoms with Crippen LogP contribution in [0.15, 0.2) is 0 Å². The van der Waals surface area contributed by atoms with Gasteiger partial charge in [0.25, 0.3) is 0 Å². The molecule has 0 aromatic rings. The van der Waals surface area contributed by atoms with E-state index in [-0.39, 0.29) is 0 Å². The molecular weight excluding hydrogens is 220 g/mol. The van der Waals surface area contributed by atoms with Crippen molar-refractivity contribution in [3.05, 3.63) is 0 Å². The number of likely N-dealkylation sites (N-methyl/N-ethyl adjacent to an activating group) is 1. The minimum Gasteiger partial charge on any atom is -0.329 e. The van der Waals surface area contributed by atoms with Gasteiger partial charge < -0.3 is 5.73 Å². The van der Waals surface area contributed by atoms with E-state index in [1.165, 1.54) is 51.4 Å². The molecule has 2 N–H and O–H groups in total. The molecule has 0 spiro atoms. The van der Waals surface area contributed by atoms with Gasteiger partial charge in [-0.05, 0) is 44.6 Å². The van der Waals surface area contributed by atoms with Crippen molar-refractivity contribution in [2.75, 3.05) is 13.6 Å². The third-order valence-electron chi connectivity index (χ3n) is 5.93. The monoisotopic (exact) mass is 252 g/mol. The lowest BCUT2D eigenvalue weighted by molar-refractivity contribution is 0.0189. The van der Waals surface area contributed by atoms with Crippen molar-refractivity contribution in [3.8, 4) is 0 Å². The molecule has 0 aromatic heterocycles. The van der Waals surface area contributed by atoms with Gasteiger partial charge in [0.05, 0.1) is 0 Å². The van der Waals surface area contributed by atoms with Crippen molar-refractivity contribution in [3.63, 3.8) is 0 Å². The van der Waals surface area contributed by atoms with Crippen LogP contribution in [0.25, 0.3) is 0 Å². The first kappa shape index (κ1) is 14.3. The maximum absolute atomic E-state index is 6.24. The van der Waals surface area contributed by atoms with Crippen molar-refractivity contribution in [1.82, 2.24) is 4.90 Å². The zero-order valence-electron chi connectivity index (χ0n) is 12.6. The quantitative estimate of drug-likeness (QED) is 0.831. The molecule has 0 radical (unpaired) electrons. The molecule has 0 aromatic carbocycles. The fraction of sp³-hybridized carbons (Fsp3) is 1.00. The van der Waals surface area contributed by atoms with Gasteiger partial charge in [-0.15, -0.1) is 0 Å². The third kappa shape index (κ3) is 2.46. The van der Waals surface area contributed by atoms with Gasteiger partial charge in [0, 0.05) is 18.1 Å². The highest BCUT2D eigenvalue weighted by atomic mass is 15.2. The van der Waals surface area contributed by atoms with Gasteiger partial charge in [-0.25, -0.2) is 0 Å². The Kier molecular flexibility index (Phi) is 4.71. The summed E-state index contributed by atoms with van der Waals surface area (Å²) in [6.45, 7) is 5.62. The summed E-state index contributed by atoms with van der Waals surface area (Å²) in [6, 6.07) is 0.782. The van der Waals surface area contributed by atoms with Gasteiger partial charge in [-0.1, -0.05) is 39.5 Å². The molecule has 4 unspecified atom stereocenters. The van der Waals surface area contributed by atoms with E-state index in [4.69, 9.17) is 5.73 Å². The molecule has 0 saturated heterocycles. The first-order valence-electron chi connectivity index (χ1n) is 8.07. The van der Waals surface area contributed by atoms with Crippen LogP contribution >= 0.6 is 0 Å². The Bertz CT molecular complexity index is 266. The van der Waals surface area contributed by atoms with Crippen LogP contribution in [0.3, 0.4) is 0 Å². The van der Waals surface area contributed by atoms with Crippen LogP contribution in [0.5, 0.6) is 0 Å². The van der Waals surface area contributed by atoms with Crippen molar-refractivity contribution in [2.24, 2.45) is 17.6 Å². The summed E-state index contributed by atoms with van der Waals surface area (Å²) in [5.74, 6) is 1.73. The first-order chi connectivity index (χ1) is 8.64. The second-order valence-corrected chi connectivity index (χ2v) is 6.84. The van der Waals surface area contributed by atoms with E-state index in [1.54, 1.807) is 0 Å². The van der Waals surface area contributed by atoms with Crippen LogP contribution < -0.4 is 5.73 Å². The summed E-state index contributed by atoms with van der Waals surface area (Å²) >= 11 is 0. The lowest BCUT2D eigenvalue weighted by atomic mass is 9.79. The highest BCUT2D eigenvalue weighted by Crippen LogP contribution is 2.43. The average molecular weight is 252 g/mol. The molecule has 0 aliphatic heterocycles. The van der Waals surface area contributed by atoms with E-state index >= 15 is 0 Å². The zero-order valence-corrected chi connectivity index (χ0v) is 12.6. The normalized spacial score (nSPS) is 41.5. The standard InChI is InChI=1S/C16H32N2/c1-4-14-8-6-10-16(14,12-17)18(3)15-9-5-7-13(2)11-15/h13-15H,4-12,17H2,1-3H3. The number of hydrogen-bond acceptors (Lipinski definition) is 2. The molecule has 2 rings (SSSR count). The third-order valence-corrected chi connectivity index (χ3v) is 5.93. The summed E-state index contributed by atoms with van der Waals surface area (Å²) in [7, 11) is 2.36. The SMILES string of the molecule is CCC1CCCC1(CN)N(C)C1CCCC(C)C1. The smallest absolute Gasteiger partial charge is 0.0359 e. The Morgan fingerprint density at radius 3 is 2.61 bits per heavy atom. The zero-order chi connectivity index (χ0) is 13.2. The Balaban J connectivity index is 2.11. The Morgan fingerprint density at radius 2 is 2.00 bits per heavy atom. The van der Waals surface area contributed by atoms with Crippen molar-refractivity contribution < 1.29 is 0 Å². The Labute approximate surface area is 113 Å². The topological polar surface area (TPSA) is 29.3 Å². The van der Waals surface area contributed by atoms with Crippen LogP contribution in [0.1, 0.15) is 65.2 Å². The fourth-order valence-electron chi connectivity index (χ4n) is 4.71. The molecule has 0 amide bonds. The number of rotatable bonds is 4. The number of hydrogen-bond donors (Lipinski definition) is 1. The van der Waals surface area contributed by atoms with Gasteiger partial charge in [0.1, 0.15) is 0 Å². The van der Waals surface area contributed by atoms with Crippen molar-refractivity contribution in [2.45, 2.75) is 76.8 Å². The van der Waals surface area contributed by atoms with Crippen LogP contribution in [0.4, 0.5) is 0 Å². The summed E-state index contributed by atoms with van der Waals surface area (Å²) in [4.78, 5) is 2.71. The molecule has 18 heavy (non-hydrogen) atoms. The maximum atomic E-state index is 6.24. The molecule has 0 bridgehead atoms. The fourth-order valence-corrected chi connectivity index (χ4v) is 4.71. The first-order valence-corrected chi connectivity index (χ1v) is 8.07. The largest absolute Gasteiger partial charge is 0.329 e. The molecule has 0 heterocycles. The molecule has 2 saturated carbocycles. The second kappa shape index (κ2) is 5.92. The molecule has 2 heteroatoms. The molecule has 4 atom stereocenters. The molecule has 2 aliphatic carbocycles. The average Bonchev–Trinajstić information content (AvgIpc) is 2.81. The maximum Gasteiger partial charge on any atom is 0.0359 e. The predicted molar refractivity (Wildman–Crippen MR) is 78.6 cm³/mol. The van der Waals surface area contributed by atoms with E-state index in [0.29, 0.717) is 5.54 Å². The second-order valence-electron chi connectivity index (χ2n) is 6.84. The lowest BCUT2D eigenvalue weighted by Crippen LogP contribution is -2.58. The molecule has 2 fully saturated rings. The summed E-state index contributed by atoms with van der Waals surface area (Å²) in [5, 5.41) is 0. The van der Waals surface area contributed by atoms with Gasteiger partial charge in [0.15, 0.2) is 0 Å². The van der Waals surface area contributed by atoms with Gasteiger partial charge in [-0.3, -0.25) is 4.90 Å². The van der Waals surface area contributed by atoms with Gasteiger partial charge in [-0.2, -0.15) is 0 Å². The van der Waals surface area contributed by atoms with Crippen molar-refractivity contribution >= 4 is 0 Å². The van der Waals surface area contributed by atoms with E-state index < -0.39 is 0 Å². The Hall–Kier alpha value is -0.0800. The minimum atomic E-state index is 0.316. The van der Waals surface area contributed by atoms with Gasteiger partial charge >= 0.3 is 0 Å². The Morgan fingerprint density at radius 1 is 1.22 bits per heavy atom. The van der Waals surface area contributed by atoms with E-state index in [9.17, 15) is 0 Å². The lowest BCUT2D eigenvalue weighted by Gasteiger charge is -2.48. The summed E-state index contributed by atoms with van der Waals surface area (Å²) in [5.41, 5.74) is 6.55. The molecule has 106 valence electrons. The van der Waals surface area contributed by atoms with Crippen LogP contribution in [-0.4, -0.2) is 30.1 Å². The van der Waals surface area contributed by atoms with E-state index in [1.807, 2.05) is 0 Å². The van der Waals surface area contributed by atoms with Crippen LogP contribution in [0, 0.1) is 11.8 Å². The molecule has 2 aliphatic rings. The molecule has 2 nitrogen and oxygen atoms in total. The van der Waals surface area contributed by atoms with Crippen molar-refractivity contribution in [1.29, 1.82) is 0 Å². The number of nitrogens with zero attached hydrogens (tertiary/aromatic N) is 1. The van der Waals surface area contributed by atoms with Crippen LogP contribution in [0.2, 0.25) is 0 Å². The van der Waals surface area contributed by atoms with Crippen LogP contribution in [-0.2, 0) is 0 Å². The highest BCUT2D eigenvalue weighted by Gasteiger charge is 2.46. The van der Waals surface area contributed by atoms with E-state index in [2.05, 4.69) is 25.8 Å². The minimum absolute atomic E-state index is 0.316. The summed E-state index contributed by atoms with van der Waals surface area (Å²) in [6.07, 6.45) is 11.0. The van der Waals surface area contributed by atoms with E-state index in [0.717, 1.165) is 24.4 Å². The predicted octanol–water partition coefficient (Wildman–Crippen LogP) is 3.40. The molecular formula is C16H32N2.